The summed E-state index contributed by atoms with van der Waals surface area (Å²) in [5, 5.41) is 68.8. The molecule has 222 valence electrons. The second-order valence-corrected chi connectivity index (χ2v) is 9.10. The van der Waals surface area contributed by atoms with Gasteiger partial charge < -0.3 is 59.4 Å². The van der Waals surface area contributed by atoms with Crippen molar-refractivity contribution >= 4 is 11.9 Å². The molecule has 1 aromatic rings. The van der Waals surface area contributed by atoms with Gasteiger partial charge in [0.15, 0.2) is 17.8 Å². The Morgan fingerprint density at radius 1 is 1.10 bits per heavy atom. The van der Waals surface area contributed by atoms with Crippen molar-refractivity contribution < 1.29 is 69.0 Å². The predicted molar refractivity (Wildman–Crippen MR) is 132 cm³/mol. The Morgan fingerprint density at radius 3 is 2.42 bits per heavy atom. The van der Waals surface area contributed by atoms with E-state index in [1.165, 1.54) is 24.3 Å². The monoisotopic (exact) mass is 570 g/mol. The van der Waals surface area contributed by atoms with Crippen LogP contribution in [-0.2, 0) is 33.3 Å². The summed E-state index contributed by atoms with van der Waals surface area (Å²) in [4.78, 5) is 24.8. The van der Waals surface area contributed by atoms with Crippen LogP contribution in [0.15, 0.2) is 41.7 Å². The van der Waals surface area contributed by atoms with Gasteiger partial charge in [-0.3, -0.25) is 4.79 Å². The molecule has 2 heterocycles. The number of phenolic OH excluding ortho intramolecular Hbond substituents is 2. The molecule has 1 fully saturated rings. The molecule has 0 aliphatic carbocycles. The zero-order valence-electron chi connectivity index (χ0n) is 21.8. The summed E-state index contributed by atoms with van der Waals surface area (Å²) in [6, 6.07) is 4.02. The maximum atomic E-state index is 12.9. The second kappa shape index (κ2) is 13.9. The van der Waals surface area contributed by atoms with Crippen molar-refractivity contribution in [1.29, 1.82) is 0 Å². The number of esters is 1. The van der Waals surface area contributed by atoms with Crippen LogP contribution in [0.2, 0.25) is 0 Å². The van der Waals surface area contributed by atoms with E-state index in [1.54, 1.807) is 13.8 Å². The van der Waals surface area contributed by atoms with Crippen LogP contribution in [0.4, 0.5) is 0 Å². The van der Waals surface area contributed by atoms with Crippen molar-refractivity contribution in [2.45, 2.75) is 63.4 Å². The predicted octanol–water partition coefficient (Wildman–Crippen LogP) is -0.188. The summed E-state index contributed by atoms with van der Waals surface area (Å²) < 4.78 is 27.4. The second-order valence-electron chi connectivity index (χ2n) is 9.10. The molecule has 0 radical (unpaired) electrons. The lowest BCUT2D eigenvalue weighted by Gasteiger charge is -2.41. The summed E-state index contributed by atoms with van der Waals surface area (Å²) in [6.45, 7) is 2.55. The highest BCUT2D eigenvalue weighted by Gasteiger charge is 2.46. The van der Waals surface area contributed by atoms with Gasteiger partial charge in [0.05, 0.1) is 24.9 Å². The highest BCUT2D eigenvalue weighted by atomic mass is 16.8. The first kappa shape index (κ1) is 31.3. The zero-order valence-corrected chi connectivity index (χ0v) is 21.8. The van der Waals surface area contributed by atoms with Crippen LogP contribution in [0.1, 0.15) is 31.9 Å². The first-order valence-corrected chi connectivity index (χ1v) is 12.5. The van der Waals surface area contributed by atoms with Gasteiger partial charge in [-0.1, -0.05) is 12.1 Å². The Morgan fingerprint density at radius 2 is 1.82 bits per heavy atom. The van der Waals surface area contributed by atoms with E-state index < -0.39 is 74.0 Å². The molecular weight excluding hydrogens is 536 g/mol. The third-order valence-corrected chi connectivity index (χ3v) is 6.56. The van der Waals surface area contributed by atoms with Crippen LogP contribution in [0.3, 0.4) is 0 Å². The minimum Gasteiger partial charge on any atom is -0.504 e. The van der Waals surface area contributed by atoms with Crippen LogP contribution in [-0.4, -0.2) is 105 Å². The van der Waals surface area contributed by atoms with Gasteiger partial charge in [-0.05, 0) is 31.5 Å². The van der Waals surface area contributed by atoms with Gasteiger partial charge in [0.2, 0.25) is 6.29 Å². The number of carbonyl (C=O) groups is 2. The minimum absolute atomic E-state index is 0.179. The number of carboxylic acid groups (broad SMARTS) is 1. The molecule has 0 spiro atoms. The van der Waals surface area contributed by atoms with Gasteiger partial charge >= 0.3 is 11.9 Å². The lowest BCUT2D eigenvalue weighted by atomic mass is 9.86. The fourth-order valence-corrected chi connectivity index (χ4v) is 4.39. The standard InChI is InChI=1S/C26H34O14/c1-3-13-14(8-20(30)37-11-19(36-4-2)12-5-6-16(28)17(29)7-12)15(24(34)35)10-38-25(13)40-26-23(33)22(32)21(31)18(9-27)39-26/h3,5-7,10,14,18-19,21-23,25-29,31-33H,4,8-9,11H2,1-2H3,(H,34,35). The molecule has 2 aliphatic rings. The number of aliphatic hydroxyl groups excluding tert-OH is 4. The van der Waals surface area contributed by atoms with Crippen LogP contribution < -0.4 is 0 Å². The van der Waals surface area contributed by atoms with Crippen molar-refractivity contribution in [3.63, 3.8) is 0 Å². The zero-order chi connectivity index (χ0) is 29.6. The highest BCUT2D eigenvalue weighted by molar-refractivity contribution is 5.89. The number of benzene rings is 1. The minimum atomic E-state index is -1.73. The molecular formula is C26H34O14. The molecule has 0 aromatic heterocycles. The summed E-state index contributed by atoms with van der Waals surface area (Å²) in [7, 11) is 0. The number of carbonyl (C=O) groups excluding carboxylic acids is 1. The van der Waals surface area contributed by atoms with Gasteiger partial charge in [0.25, 0.3) is 0 Å². The normalized spacial score (nSPS) is 30.3. The van der Waals surface area contributed by atoms with E-state index in [0.29, 0.717) is 5.56 Å². The number of phenols is 2. The van der Waals surface area contributed by atoms with Crippen LogP contribution in [0.5, 0.6) is 11.5 Å². The van der Waals surface area contributed by atoms with Crippen molar-refractivity contribution in [3.8, 4) is 11.5 Å². The Hall–Kier alpha value is -3.24. The van der Waals surface area contributed by atoms with E-state index in [9.17, 15) is 45.3 Å². The molecule has 14 nitrogen and oxygen atoms in total. The van der Waals surface area contributed by atoms with E-state index in [0.717, 1.165) is 6.26 Å². The summed E-state index contributed by atoms with van der Waals surface area (Å²) in [5.74, 6) is -3.95. The topological polar surface area (TPSA) is 222 Å². The van der Waals surface area contributed by atoms with E-state index in [-0.39, 0.29) is 35.9 Å². The number of ether oxygens (including phenoxy) is 5. The Kier molecular flexibility index (Phi) is 10.9. The SMILES string of the molecule is CC=C1C(OC2OC(CO)C(O)C(O)C2O)OC=C(C(=O)O)C1CC(=O)OCC(OCC)c1ccc(O)c(O)c1. The average molecular weight is 571 g/mol. The summed E-state index contributed by atoms with van der Waals surface area (Å²) in [5.41, 5.74) is 0.339. The molecule has 1 aromatic carbocycles. The van der Waals surface area contributed by atoms with Gasteiger partial charge in [0, 0.05) is 18.1 Å². The van der Waals surface area contributed by atoms with Crippen LogP contribution >= 0.6 is 0 Å². The summed E-state index contributed by atoms with van der Waals surface area (Å²) >= 11 is 0. The number of hydrogen-bond donors (Lipinski definition) is 7. The van der Waals surface area contributed by atoms with Crippen molar-refractivity contribution in [1.82, 2.24) is 0 Å². The Labute approximate surface area is 229 Å². The lowest BCUT2D eigenvalue weighted by molar-refractivity contribution is -0.327. The molecule has 8 unspecified atom stereocenters. The van der Waals surface area contributed by atoms with Gasteiger partial charge in [0.1, 0.15) is 37.1 Å². The number of rotatable bonds is 11. The van der Waals surface area contributed by atoms with Crippen molar-refractivity contribution in [3.05, 3.63) is 47.2 Å². The fraction of sp³-hybridized carbons (Fsp3) is 0.538. The molecule has 2 aliphatic heterocycles. The third kappa shape index (κ3) is 7.09. The molecule has 40 heavy (non-hydrogen) atoms. The number of aliphatic hydroxyl groups is 4. The van der Waals surface area contributed by atoms with Gasteiger partial charge in [-0.2, -0.15) is 0 Å². The van der Waals surface area contributed by atoms with E-state index in [2.05, 4.69) is 0 Å². The van der Waals surface area contributed by atoms with Crippen molar-refractivity contribution in [2.24, 2.45) is 5.92 Å². The molecule has 14 heteroatoms. The molecule has 1 saturated heterocycles. The van der Waals surface area contributed by atoms with Gasteiger partial charge in [-0.25, -0.2) is 4.79 Å². The third-order valence-electron chi connectivity index (χ3n) is 6.56. The first-order chi connectivity index (χ1) is 19.0. The highest BCUT2D eigenvalue weighted by Crippen LogP contribution is 2.36. The first-order valence-electron chi connectivity index (χ1n) is 12.5. The van der Waals surface area contributed by atoms with E-state index in [4.69, 9.17) is 23.7 Å². The molecule has 8 atom stereocenters. The van der Waals surface area contributed by atoms with Gasteiger partial charge in [-0.15, -0.1) is 0 Å². The smallest absolute Gasteiger partial charge is 0.335 e. The lowest BCUT2D eigenvalue weighted by Crippen LogP contribution is -2.60. The van der Waals surface area contributed by atoms with Crippen molar-refractivity contribution in [2.75, 3.05) is 19.8 Å². The molecule has 0 saturated carbocycles. The largest absolute Gasteiger partial charge is 0.504 e. The number of aromatic hydroxyl groups is 2. The Balaban J connectivity index is 1.74. The van der Waals surface area contributed by atoms with E-state index >= 15 is 0 Å². The molecule has 0 bridgehead atoms. The quantitative estimate of drug-likeness (QED) is 0.104. The molecule has 7 N–H and O–H groups in total. The van der Waals surface area contributed by atoms with Crippen LogP contribution in [0.25, 0.3) is 0 Å². The molecule has 0 amide bonds. The number of carboxylic acids is 1. The van der Waals surface area contributed by atoms with E-state index in [1.807, 2.05) is 0 Å². The number of aliphatic carboxylic acids is 1. The molecule has 3 rings (SSSR count). The maximum Gasteiger partial charge on any atom is 0.335 e. The average Bonchev–Trinajstić information content (AvgIpc) is 2.92. The summed E-state index contributed by atoms with van der Waals surface area (Å²) in [6.07, 6.45) is -8.11. The van der Waals surface area contributed by atoms with Crippen LogP contribution in [0, 0.1) is 5.92 Å². The fourth-order valence-electron chi connectivity index (χ4n) is 4.39. The maximum absolute atomic E-state index is 12.9. The number of hydrogen-bond acceptors (Lipinski definition) is 13. The Bertz CT molecular complexity index is 1100. The number of allylic oxidation sites excluding steroid dienone is 1.